The number of rotatable bonds is 7. The Morgan fingerprint density at radius 1 is 0.917 bits per heavy atom. The van der Waals surface area contributed by atoms with E-state index in [0.29, 0.717) is 18.1 Å². The molecule has 1 N–H and O–H groups in total. The Hall–Kier alpha value is -2.49. The molecule has 4 nitrogen and oxygen atoms in total. The highest BCUT2D eigenvalue weighted by Crippen LogP contribution is 2.18. The summed E-state index contributed by atoms with van der Waals surface area (Å²) in [6, 6.07) is 14.5. The first kappa shape index (κ1) is 17.9. The normalized spacial score (nSPS) is 10.8. The summed E-state index contributed by atoms with van der Waals surface area (Å²) < 4.78 is 11.2. The van der Waals surface area contributed by atoms with Gasteiger partial charge in [0.2, 0.25) is 0 Å². The van der Waals surface area contributed by atoms with Crippen molar-refractivity contribution in [2.24, 2.45) is 5.92 Å². The van der Waals surface area contributed by atoms with Crippen LogP contribution in [0.15, 0.2) is 48.5 Å². The summed E-state index contributed by atoms with van der Waals surface area (Å²) in [4.78, 5) is 12.3. The third-order valence-corrected chi connectivity index (χ3v) is 3.18. The number of carbonyl (C=O) groups excluding carboxylic acids is 1. The zero-order chi connectivity index (χ0) is 17.5. The third-order valence-electron chi connectivity index (χ3n) is 3.18. The van der Waals surface area contributed by atoms with Gasteiger partial charge in [-0.05, 0) is 68.3 Å². The molecule has 0 unspecified atom stereocenters. The Kier molecular flexibility index (Phi) is 6.24. The molecule has 0 fully saturated rings. The molecule has 0 saturated heterocycles. The van der Waals surface area contributed by atoms with Crippen LogP contribution in [0.5, 0.6) is 11.5 Å². The topological polar surface area (TPSA) is 47.6 Å². The van der Waals surface area contributed by atoms with Gasteiger partial charge in [0.15, 0.2) is 0 Å². The van der Waals surface area contributed by atoms with E-state index in [1.807, 2.05) is 50.2 Å². The van der Waals surface area contributed by atoms with Gasteiger partial charge in [-0.1, -0.05) is 13.8 Å². The molecule has 0 saturated carbocycles. The lowest BCUT2D eigenvalue weighted by Gasteiger charge is -2.11. The van der Waals surface area contributed by atoms with Gasteiger partial charge in [0.1, 0.15) is 11.5 Å². The van der Waals surface area contributed by atoms with Crippen molar-refractivity contribution >= 4 is 11.6 Å². The van der Waals surface area contributed by atoms with Crippen molar-refractivity contribution < 1.29 is 14.3 Å². The lowest BCUT2D eigenvalue weighted by atomic mass is 10.2. The number of benzene rings is 2. The van der Waals surface area contributed by atoms with Crippen LogP contribution in [-0.4, -0.2) is 18.6 Å². The molecule has 0 aromatic heterocycles. The quantitative estimate of drug-likeness (QED) is 0.797. The molecular formula is C20H25NO3. The number of hydrogen-bond donors (Lipinski definition) is 1. The van der Waals surface area contributed by atoms with Crippen LogP contribution < -0.4 is 14.8 Å². The van der Waals surface area contributed by atoms with Crippen molar-refractivity contribution in [2.75, 3.05) is 11.9 Å². The van der Waals surface area contributed by atoms with E-state index in [2.05, 4.69) is 19.2 Å². The maximum atomic E-state index is 12.3. The largest absolute Gasteiger partial charge is 0.493 e. The van der Waals surface area contributed by atoms with Crippen LogP contribution in [0.3, 0.4) is 0 Å². The molecular weight excluding hydrogens is 302 g/mol. The van der Waals surface area contributed by atoms with E-state index >= 15 is 0 Å². The molecule has 0 aliphatic rings. The zero-order valence-corrected chi connectivity index (χ0v) is 14.7. The number of amides is 1. The maximum Gasteiger partial charge on any atom is 0.255 e. The van der Waals surface area contributed by atoms with Crippen LogP contribution in [0.1, 0.15) is 38.1 Å². The molecule has 0 spiro atoms. The second-order valence-corrected chi connectivity index (χ2v) is 6.37. The highest BCUT2D eigenvalue weighted by molar-refractivity contribution is 6.04. The van der Waals surface area contributed by atoms with Gasteiger partial charge < -0.3 is 14.8 Å². The highest BCUT2D eigenvalue weighted by atomic mass is 16.5. The van der Waals surface area contributed by atoms with Gasteiger partial charge in [-0.15, -0.1) is 0 Å². The van der Waals surface area contributed by atoms with Crippen LogP contribution >= 0.6 is 0 Å². The van der Waals surface area contributed by atoms with Crippen LogP contribution in [0, 0.1) is 5.92 Å². The number of nitrogens with one attached hydrogen (secondary N) is 1. The number of ether oxygens (including phenoxy) is 2. The molecule has 2 aromatic carbocycles. The van der Waals surface area contributed by atoms with Crippen molar-refractivity contribution in [1.82, 2.24) is 0 Å². The van der Waals surface area contributed by atoms with Gasteiger partial charge in [0.05, 0.1) is 12.7 Å². The monoisotopic (exact) mass is 327 g/mol. The van der Waals surface area contributed by atoms with Crippen LogP contribution in [0.2, 0.25) is 0 Å². The van der Waals surface area contributed by atoms with E-state index in [4.69, 9.17) is 9.47 Å². The van der Waals surface area contributed by atoms with Crippen LogP contribution in [-0.2, 0) is 0 Å². The zero-order valence-electron chi connectivity index (χ0n) is 14.7. The highest BCUT2D eigenvalue weighted by Gasteiger charge is 2.07. The van der Waals surface area contributed by atoms with Crippen molar-refractivity contribution in [2.45, 2.75) is 33.8 Å². The van der Waals surface area contributed by atoms with Gasteiger partial charge >= 0.3 is 0 Å². The molecule has 0 aliphatic carbocycles. The smallest absolute Gasteiger partial charge is 0.255 e. The van der Waals surface area contributed by atoms with E-state index < -0.39 is 0 Å². The van der Waals surface area contributed by atoms with Crippen molar-refractivity contribution in [1.29, 1.82) is 0 Å². The van der Waals surface area contributed by atoms with Crippen LogP contribution in [0.4, 0.5) is 5.69 Å². The lowest BCUT2D eigenvalue weighted by molar-refractivity contribution is 0.102. The number of anilines is 1. The minimum absolute atomic E-state index is 0.127. The van der Waals surface area contributed by atoms with Crippen molar-refractivity contribution in [3.63, 3.8) is 0 Å². The second-order valence-electron chi connectivity index (χ2n) is 6.37. The minimum Gasteiger partial charge on any atom is -0.493 e. The molecule has 2 aromatic rings. The molecule has 2 rings (SSSR count). The first-order valence-electron chi connectivity index (χ1n) is 8.25. The first-order valence-corrected chi connectivity index (χ1v) is 8.25. The molecule has 0 radical (unpaired) electrons. The molecule has 0 bridgehead atoms. The van der Waals surface area contributed by atoms with Crippen LogP contribution in [0.25, 0.3) is 0 Å². The average molecular weight is 327 g/mol. The predicted molar refractivity (Wildman–Crippen MR) is 96.9 cm³/mol. The SMILES string of the molecule is CC(C)COc1ccc(C(=O)Nc2ccc(OC(C)C)cc2)cc1. The molecule has 24 heavy (non-hydrogen) atoms. The van der Waals surface area contributed by atoms with E-state index in [1.54, 1.807) is 12.1 Å². The summed E-state index contributed by atoms with van der Waals surface area (Å²) in [5.41, 5.74) is 1.32. The molecule has 0 heterocycles. The standard InChI is InChI=1S/C20H25NO3/c1-14(2)13-23-18-9-5-16(6-10-18)20(22)21-17-7-11-19(12-8-17)24-15(3)4/h5-12,14-15H,13H2,1-4H3,(H,21,22). The number of carbonyl (C=O) groups is 1. The summed E-state index contributed by atoms with van der Waals surface area (Å²) in [7, 11) is 0. The van der Waals surface area contributed by atoms with Gasteiger partial charge in [0, 0.05) is 11.3 Å². The van der Waals surface area contributed by atoms with Gasteiger partial charge in [-0.3, -0.25) is 4.79 Å². The maximum absolute atomic E-state index is 12.3. The molecule has 128 valence electrons. The minimum atomic E-state index is -0.150. The molecule has 0 aliphatic heterocycles. The van der Waals surface area contributed by atoms with E-state index in [9.17, 15) is 4.79 Å². The fourth-order valence-corrected chi connectivity index (χ4v) is 2.06. The van der Waals surface area contributed by atoms with Gasteiger partial charge in [-0.25, -0.2) is 0 Å². The van der Waals surface area contributed by atoms with Gasteiger partial charge in [-0.2, -0.15) is 0 Å². The summed E-state index contributed by atoms with van der Waals surface area (Å²) in [6.45, 7) is 8.81. The molecule has 4 heteroatoms. The van der Waals surface area contributed by atoms with Crippen molar-refractivity contribution in [3.8, 4) is 11.5 Å². The fraction of sp³-hybridized carbons (Fsp3) is 0.350. The van der Waals surface area contributed by atoms with Gasteiger partial charge in [0.25, 0.3) is 5.91 Å². The Morgan fingerprint density at radius 3 is 2.04 bits per heavy atom. The number of hydrogen-bond acceptors (Lipinski definition) is 3. The van der Waals surface area contributed by atoms with Crippen molar-refractivity contribution in [3.05, 3.63) is 54.1 Å². The Bertz CT molecular complexity index is 646. The summed E-state index contributed by atoms with van der Waals surface area (Å²) in [6.07, 6.45) is 0.127. The fourth-order valence-electron chi connectivity index (χ4n) is 2.06. The first-order chi connectivity index (χ1) is 11.4. The predicted octanol–water partition coefficient (Wildman–Crippen LogP) is 4.76. The Labute approximate surface area is 143 Å². The summed E-state index contributed by atoms with van der Waals surface area (Å²) in [5, 5.41) is 2.87. The Morgan fingerprint density at radius 2 is 1.50 bits per heavy atom. The Balaban J connectivity index is 1.94. The molecule has 1 amide bonds. The third kappa shape index (κ3) is 5.61. The summed E-state index contributed by atoms with van der Waals surface area (Å²) in [5.74, 6) is 1.88. The second kappa shape index (κ2) is 8.39. The molecule has 0 atom stereocenters. The van der Waals surface area contributed by atoms with E-state index in [0.717, 1.165) is 17.2 Å². The summed E-state index contributed by atoms with van der Waals surface area (Å²) >= 11 is 0. The average Bonchev–Trinajstić information content (AvgIpc) is 2.54. The van der Waals surface area contributed by atoms with E-state index in [1.165, 1.54) is 0 Å². The van der Waals surface area contributed by atoms with E-state index in [-0.39, 0.29) is 12.0 Å². The lowest BCUT2D eigenvalue weighted by Crippen LogP contribution is -2.12.